The SMILES string of the molecule is Cc1cc(C)cc(OCC(O)CN2CCCC(C)C2CO)c1. The van der Waals surface area contributed by atoms with E-state index >= 15 is 0 Å². The summed E-state index contributed by atoms with van der Waals surface area (Å²) in [5.41, 5.74) is 2.32. The Morgan fingerprint density at radius 3 is 2.59 bits per heavy atom. The van der Waals surface area contributed by atoms with Gasteiger partial charge < -0.3 is 14.9 Å². The van der Waals surface area contributed by atoms with Crippen LogP contribution in [0.5, 0.6) is 5.75 Å². The first kappa shape index (κ1) is 17.3. The molecule has 3 atom stereocenters. The molecule has 0 amide bonds. The summed E-state index contributed by atoms with van der Waals surface area (Å²) in [6, 6.07) is 6.23. The number of piperidine rings is 1. The van der Waals surface area contributed by atoms with Crippen molar-refractivity contribution in [2.24, 2.45) is 5.92 Å². The van der Waals surface area contributed by atoms with Gasteiger partial charge in [-0.25, -0.2) is 0 Å². The second-order valence-electron chi connectivity index (χ2n) is 6.65. The molecule has 0 radical (unpaired) electrons. The Bertz CT molecular complexity index is 457. The van der Waals surface area contributed by atoms with E-state index < -0.39 is 6.10 Å². The van der Waals surface area contributed by atoms with Crippen molar-refractivity contribution in [1.29, 1.82) is 0 Å². The lowest BCUT2D eigenvalue weighted by Crippen LogP contribution is -2.50. The molecule has 1 aliphatic rings. The van der Waals surface area contributed by atoms with Crippen molar-refractivity contribution in [3.63, 3.8) is 0 Å². The molecular formula is C18H29NO3. The number of benzene rings is 1. The van der Waals surface area contributed by atoms with E-state index in [0.29, 0.717) is 12.5 Å². The maximum absolute atomic E-state index is 10.3. The van der Waals surface area contributed by atoms with Crippen molar-refractivity contribution >= 4 is 0 Å². The number of ether oxygens (including phenoxy) is 1. The van der Waals surface area contributed by atoms with Crippen LogP contribution < -0.4 is 4.74 Å². The van der Waals surface area contributed by atoms with Crippen LogP contribution in [-0.2, 0) is 0 Å². The number of rotatable bonds is 6. The average Bonchev–Trinajstić information content (AvgIpc) is 2.44. The van der Waals surface area contributed by atoms with Crippen LogP contribution in [0.25, 0.3) is 0 Å². The molecule has 2 N–H and O–H groups in total. The minimum absolute atomic E-state index is 0.157. The molecule has 4 nitrogen and oxygen atoms in total. The van der Waals surface area contributed by atoms with Crippen molar-refractivity contribution < 1.29 is 14.9 Å². The second-order valence-corrected chi connectivity index (χ2v) is 6.65. The third-order valence-corrected chi connectivity index (χ3v) is 4.50. The Hall–Kier alpha value is -1.10. The number of β-amino-alcohol motifs (C(OH)–C–C–N with tert-alkyl or cyclic N) is 1. The van der Waals surface area contributed by atoms with Gasteiger partial charge in [-0.2, -0.15) is 0 Å². The third-order valence-electron chi connectivity index (χ3n) is 4.50. The molecule has 1 aromatic rings. The molecule has 0 aliphatic carbocycles. The van der Waals surface area contributed by atoms with Gasteiger partial charge in [0.15, 0.2) is 0 Å². The van der Waals surface area contributed by atoms with Gasteiger partial charge in [0.1, 0.15) is 18.5 Å². The summed E-state index contributed by atoms with van der Waals surface area (Å²) < 4.78 is 5.73. The molecular weight excluding hydrogens is 278 g/mol. The van der Waals surface area contributed by atoms with E-state index in [1.54, 1.807) is 0 Å². The minimum atomic E-state index is -0.542. The largest absolute Gasteiger partial charge is 0.491 e. The van der Waals surface area contributed by atoms with Gasteiger partial charge in [-0.1, -0.05) is 13.0 Å². The van der Waals surface area contributed by atoms with Gasteiger partial charge in [0.25, 0.3) is 0 Å². The molecule has 0 saturated carbocycles. The lowest BCUT2D eigenvalue weighted by Gasteiger charge is -2.39. The fourth-order valence-corrected chi connectivity index (χ4v) is 3.39. The van der Waals surface area contributed by atoms with Crippen LogP contribution >= 0.6 is 0 Å². The molecule has 0 aromatic heterocycles. The zero-order chi connectivity index (χ0) is 16.1. The molecule has 1 aromatic carbocycles. The van der Waals surface area contributed by atoms with Crippen molar-refractivity contribution in [3.8, 4) is 5.75 Å². The lowest BCUT2D eigenvalue weighted by molar-refractivity contribution is 0.00376. The van der Waals surface area contributed by atoms with Crippen molar-refractivity contribution in [3.05, 3.63) is 29.3 Å². The molecule has 4 heteroatoms. The number of hydrogen-bond donors (Lipinski definition) is 2. The highest BCUT2D eigenvalue weighted by Gasteiger charge is 2.29. The molecule has 0 bridgehead atoms. The van der Waals surface area contributed by atoms with Crippen LogP contribution in [0.4, 0.5) is 0 Å². The van der Waals surface area contributed by atoms with Gasteiger partial charge >= 0.3 is 0 Å². The zero-order valence-electron chi connectivity index (χ0n) is 14.0. The molecule has 22 heavy (non-hydrogen) atoms. The smallest absolute Gasteiger partial charge is 0.119 e. The van der Waals surface area contributed by atoms with E-state index in [1.165, 1.54) is 0 Å². The Balaban J connectivity index is 1.85. The van der Waals surface area contributed by atoms with Gasteiger partial charge in [0.2, 0.25) is 0 Å². The average molecular weight is 307 g/mol. The highest BCUT2D eigenvalue weighted by molar-refractivity contribution is 5.32. The van der Waals surface area contributed by atoms with Gasteiger partial charge in [0.05, 0.1) is 6.61 Å². The highest BCUT2D eigenvalue weighted by atomic mass is 16.5. The first-order valence-corrected chi connectivity index (χ1v) is 8.23. The summed E-state index contributed by atoms with van der Waals surface area (Å²) in [5.74, 6) is 1.29. The van der Waals surface area contributed by atoms with Crippen molar-refractivity contribution in [2.45, 2.75) is 45.8 Å². The van der Waals surface area contributed by atoms with Crippen LogP contribution in [0.3, 0.4) is 0 Å². The Kier molecular flexibility index (Phi) is 6.24. The van der Waals surface area contributed by atoms with Gasteiger partial charge in [-0.15, -0.1) is 0 Å². The molecule has 124 valence electrons. The van der Waals surface area contributed by atoms with Gasteiger partial charge in [-0.05, 0) is 62.4 Å². The predicted octanol–water partition coefficient (Wildman–Crippen LogP) is 2.14. The Morgan fingerprint density at radius 1 is 1.27 bits per heavy atom. The second kappa shape index (κ2) is 7.95. The fourth-order valence-electron chi connectivity index (χ4n) is 3.39. The number of aliphatic hydroxyl groups excluding tert-OH is 2. The first-order chi connectivity index (χ1) is 10.5. The third kappa shape index (κ3) is 4.70. The normalized spacial score (nSPS) is 24.2. The van der Waals surface area contributed by atoms with Crippen molar-refractivity contribution in [2.75, 3.05) is 26.3 Å². The molecule has 1 aliphatic heterocycles. The number of hydrogen-bond acceptors (Lipinski definition) is 4. The van der Waals surface area contributed by atoms with Crippen LogP contribution in [0.15, 0.2) is 18.2 Å². The zero-order valence-corrected chi connectivity index (χ0v) is 14.0. The maximum Gasteiger partial charge on any atom is 0.119 e. The summed E-state index contributed by atoms with van der Waals surface area (Å²) in [6.45, 7) is 8.19. The van der Waals surface area contributed by atoms with Crippen LogP contribution in [0.1, 0.15) is 30.9 Å². The van der Waals surface area contributed by atoms with Gasteiger partial charge in [-0.3, -0.25) is 4.90 Å². The van der Waals surface area contributed by atoms with E-state index in [2.05, 4.69) is 17.9 Å². The number of nitrogens with zero attached hydrogens (tertiary/aromatic N) is 1. The summed E-state index contributed by atoms with van der Waals surface area (Å²) in [5, 5.41) is 19.8. The van der Waals surface area contributed by atoms with E-state index in [4.69, 9.17) is 4.74 Å². The number of aliphatic hydroxyl groups is 2. The summed E-state index contributed by atoms with van der Waals surface area (Å²) in [4.78, 5) is 2.20. The molecule has 1 saturated heterocycles. The van der Waals surface area contributed by atoms with Crippen molar-refractivity contribution in [1.82, 2.24) is 4.90 Å². The van der Waals surface area contributed by atoms with E-state index in [-0.39, 0.29) is 19.3 Å². The highest BCUT2D eigenvalue weighted by Crippen LogP contribution is 2.23. The van der Waals surface area contributed by atoms with E-state index in [9.17, 15) is 10.2 Å². The first-order valence-electron chi connectivity index (χ1n) is 8.23. The summed E-state index contributed by atoms with van der Waals surface area (Å²) in [7, 11) is 0. The summed E-state index contributed by atoms with van der Waals surface area (Å²) >= 11 is 0. The Morgan fingerprint density at radius 2 is 1.95 bits per heavy atom. The molecule has 0 spiro atoms. The quantitative estimate of drug-likeness (QED) is 0.845. The fraction of sp³-hybridized carbons (Fsp3) is 0.667. The molecule has 3 unspecified atom stereocenters. The summed E-state index contributed by atoms with van der Waals surface area (Å²) in [6.07, 6.45) is 1.74. The topological polar surface area (TPSA) is 52.9 Å². The number of aryl methyl sites for hydroxylation is 2. The monoisotopic (exact) mass is 307 g/mol. The van der Waals surface area contributed by atoms with E-state index in [0.717, 1.165) is 36.3 Å². The Labute approximate surface area is 133 Å². The van der Waals surface area contributed by atoms with Crippen LogP contribution in [-0.4, -0.2) is 53.6 Å². The predicted molar refractivity (Wildman–Crippen MR) is 88.3 cm³/mol. The van der Waals surface area contributed by atoms with Gasteiger partial charge in [0, 0.05) is 12.6 Å². The minimum Gasteiger partial charge on any atom is -0.491 e. The maximum atomic E-state index is 10.3. The number of likely N-dealkylation sites (tertiary alicyclic amines) is 1. The van der Waals surface area contributed by atoms with E-state index in [1.807, 2.05) is 26.0 Å². The standard InChI is InChI=1S/C18H29NO3/c1-13-7-14(2)9-17(8-13)22-12-16(21)10-19-6-4-5-15(3)18(19)11-20/h7-9,15-16,18,20-21H,4-6,10-12H2,1-3H3. The molecule has 1 fully saturated rings. The molecule has 2 rings (SSSR count). The lowest BCUT2D eigenvalue weighted by atomic mass is 9.91. The van der Waals surface area contributed by atoms with Crippen LogP contribution in [0, 0.1) is 19.8 Å². The van der Waals surface area contributed by atoms with Crippen LogP contribution in [0.2, 0.25) is 0 Å². The molecule has 1 heterocycles.